The van der Waals surface area contributed by atoms with Crippen molar-refractivity contribution in [3.8, 4) is 5.75 Å². The number of hydrogen-bond donors (Lipinski definition) is 2. The molecule has 24 heavy (non-hydrogen) atoms. The number of carboxylic acid groups (broad SMARTS) is 1. The third-order valence-corrected chi connectivity index (χ3v) is 3.44. The molecule has 7 nitrogen and oxygen atoms in total. The zero-order valence-corrected chi connectivity index (χ0v) is 13.3. The number of benzene rings is 1. The molecular formula is C17H19NO6. The average molecular weight is 333 g/mol. The van der Waals surface area contributed by atoms with Crippen molar-refractivity contribution >= 4 is 22.8 Å². The number of unbranched alkanes of at least 4 members (excludes halogenated alkanes) is 1. The fraction of sp³-hybridized carbons (Fsp3) is 0.353. The molecule has 7 heteroatoms. The molecule has 2 rings (SSSR count). The summed E-state index contributed by atoms with van der Waals surface area (Å²) in [4.78, 5) is 34.1. The van der Waals surface area contributed by atoms with Crippen molar-refractivity contribution in [2.45, 2.75) is 32.2 Å². The number of ether oxygens (including phenoxy) is 1. The van der Waals surface area contributed by atoms with Crippen molar-refractivity contribution in [3.05, 3.63) is 40.8 Å². The van der Waals surface area contributed by atoms with Crippen LogP contribution in [0.4, 0.5) is 0 Å². The Labute approximate surface area is 138 Å². The summed E-state index contributed by atoms with van der Waals surface area (Å²) in [5.74, 6) is -1.23. The van der Waals surface area contributed by atoms with Crippen LogP contribution in [0.15, 0.2) is 39.5 Å². The summed E-state index contributed by atoms with van der Waals surface area (Å²) in [5, 5.41) is 12.2. The molecule has 0 aliphatic rings. The number of hydrogen-bond acceptors (Lipinski definition) is 5. The molecule has 1 amide bonds. The zero-order valence-electron chi connectivity index (χ0n) is 13.3. The number of amides is 1. The minimum absolute atomic E-state index is 0.321. The molecule has 0 aliphatic heterocycles. The second kappa shape index (κ2) is 8.14. The number of carbonyl (C=O) groups excluding carboxylic acids is 1. The average Bonchev–Trinajstić information content (AvgIpc) is 2.56. The quantitative estimate of drug-likeness (QED) is 0.715. The van der Waals surface area contributed by atoms with E-state index >= 15 is 0 Å². The molecule has 0 aliphatic carbocycles. The SMILES string of the molecule is CCCC[C@H](NC(=O)COc1ccc2ccc(=O)oc2c1)C(=O)O. The standard InChI is InChI=1S/C17H19NO6/c1-2-3-4-13(17(21)22)18-15(19)10-23-12-7-5-11-6-8-16(20)24-14(11)9-12/h5-9,13H,2-4,10H2,1H3,(H,18,19)(H,21,22)/t13-/m0/s1. The van der Waals surface area contributed by atoms with Crippen LogP contribution >= 0.6 is 0 Å². The van der Waals surface area contributed by atoms with Gasteiger partial charge in [0.25, 0.3) is 5.91 Å². The molecular weight excluding hydrogens is 314 g/mol. The predicted molar refractivity (Wildman–Crippen MR) is 87.1 cm³/mol. The highest BCUT2D eigenvalue weighted by Crippen LogP contribution is 2.19. The van der Waals surface area contributed by atoms with Gasteiger partial charge in [-0.1, -0.05) is 19.8 Å². The molecule has 0 unspecified atom stereocenters. The van der Waals surface area contributed by atoms with Gasteiger partial charge in [-0.15, -0.1) is 0 Å². The largest absolute Gasteiger partial charge is 0.484 e. The lowest BCUT2D eigenvalue weighted by Gasteiger charge is -2.14. The molecule has 128 valence electrons. The third-order valence-electron chi connectivity index (χ3n) is 3.44. The fourth-order valence-electron chi connectivity index (χ4n) is 2.18. The van der Waals surface area contributed by atoms with Crippen LogP contribution in [0.1, 0.15) is 26.2 Å². The monoisotopic (exact) mass is 333 g/mol. The van der Waals surface area contributed by atoms with E-state index in [1.165, 1.54) is 12.1 Å². The summed E-state index contributed by atoms with van der Waals surface area (Å²) in [6, 6.07) is 6.88. The van der Waals surface area contributed by atoms with Crippen LogP contribution in [0.3, 0.4) is 0 Å². The molecule has 1 atom stereocenters. The maximum atomic E-state index is 11.8. The van der Waals surface area contributed by atoms with Crippen molar-refractivity contribution in [1.29, 1.82) is 0 Å². The molecule has 2 aromatic rings. The van der Waals surface area contributed by atoms with Gasteiger partial charge in [-0.25, -0.2) is 9.59 Å². The third kappa shape index (κ3) is 4.84. The van der Waals surface area contributed by atoms with E-state index in [4.69, 9.17) is 14.3 Å². The summed E-state index contributed by atoms with van der Waals surface area (Å²) in [6.07, 6.45) is 1.93. The van der Waals surface area contributed by atoms with Crippen molar-refractivity contribution in [2.75, 3.05) is 6.61 Å². The van der Waals surface area contributed by atoms with E-state index in [9.17, 15) is 14.4 Å². The minimum Gasteiger partial charge on any atom is -0.484 e. The molecule has 1 heterocycles. The number of fused-ring (bicyclic) bond motifs is 1. The van der Waals surface area contributed by atoms with Crippen molar-refractivity contribution in [2.24, 2.45) is 0 Å². The summed E-state index contributed by atoms with van der Waals surface area (Å²) in [5.41, 5.74) is -0.121. The molecule has 2 N–H and O–H groups in total. The van der Waals surface area contributed by atoms with Crippen LogP contribution in [0.2, 0.25) is 0 Å². The van der Waals surface area contributed by atoms with Crippen molar-refractivity contribution in [1.82, 2.24) is 5.32 Å². The Morgan fingerprint density at radius 3 is 2.75 bits per heavy atom. The van der Waals surface area contributed by atoms with Crippen LogP contribution in [0.25, 0.3) is 11.0 Å². The Morgan fingerprint density at radius 1 is 1.29 bits per heavy atom. The van der Waals surface area contributed by atoms with Crippen molar-refractivity contribution < 1.29 is 23.8 Å². The first-order valence-corrected chi connectivity index (χ1v) is 7.68. The lowest BCUT2D eigenvalue weighted by molar-refractivity contribution is -0.142. The molecule has 0 radical (unpaired) electrons. The van der Waals surface area contributed by atoms with Crippen molar-refractivity contribution in [3.63, 3.8) is 0 Å². The molecule has 0 saturated heterocycles. The van der Waals surface area contributed by atoms with E-state index in [2.05, 4.69) is 5.32 Å². The van der Waals surface area contributed by atoms with E-state index in [1.807, 2.05) is 6.92 Å². The van der Waals surface area contributed by atoms with Crippen LogP contribution < -0.4 is 15.7 Å². The highest BCUT2D eigenvalue weighted by Gasteiger charge is 2.19. The summed E-state index contributed by atoms with van der Waals surface area (Å²) < 4.78 is 10.4. The van der Waals surface area contributed by atoms with Gasteiger partial charge in [-0.2, -0.15) is 0 Å². The molecule has 1 aromatic heterocycles. The van der Waals surface area contributed by atoms with Gasteiger partial charge < -0.3 is 19.6 Å². The van der Waals surface area contributed by atoms with E-state index in [1.54, 1.807) is 18.2 Å². The second-order valence-corrected chi connectivity index (χ2v) is 5.34. The fourth-order valence-corrected chi connectivity index (χ4v) is 2.18. The van der Waals surface area contributed by atoms with Gasteiger partial charge >= 0.3 is 11.6 Å². The van der Waals surface area contributed by atoms with Gasteiger partial charge in [0.2, 0.25) is 0 Å². The van der Waals surface area contributed by atoms with Crippen LogP contribution in [-0.4, -0.2) is 29.6 Å². The number of nitrogens with one attached hydrogen (secondary N) is 1. The minimum atomic E-state index is -1.07. The highest BCUT2D eigenvalue weighted by atomic mass is 16.5. The van der Waals surface area contributed by atoms with E-state index < -0.39 is 23.5 Å². The Bertz CT molecular complexity index is 782. The van der Waals surface area contributed by atoms with Gasteiger partial charge in [-0.3, -0.25) is 4.79 Å². The highest BCUT2D eigenvalue weighted by molar-refractivity contribution is 5.84. The maximum Gasteiger partial charge on any atom is 0.336 e. The van der Waals surface area contributed by atoms with Gasteiger partial charge in [0.05, 0.1) is 0 Å². The van der Waals surface area contributed by atoms with Gasteiger partial charge in [0, 0.05) is 17.5 Å². The first-order chi connectivity index (χ1) is 11.5. The van der Waals surface area contributed by atoms with Gasteiger partial charge in [0.15, 0.2) is 6.61 Å². The van der Waals surface area contributed by atoms with E-state index in [-0.39, 0.29) is 6.61 Å². The number of aliphatic carboxylic acids is 1. The molecule has 1 aromatic carbocycles. The lowest BCUT2D eigenvalue weighted by atomic mass is 10.1. The van der Waals surface area contributed by atoms with E-state index in [0.717, 1.165) is 11.8 Å². The Hall–Kier alpha value is -2.83. The number of carboxylic acids is 1. The van der Waals surface area contributed by atoms with Gasteiger partial charge in [-0.05, 0) is 24.6 Å². The topological polar surface area (TPSA) is 106 Å². The first kappa shape index (κ1) is 17.5. The number of carbonyl (C=O) groups is 2. The van der Waals surface area contributed by atoms with E-state index in [0.29, 0.717) is 24.2 Å². The molecule has 0 bridgehead atoms. The maximum absolute atomic E-state index is 11.8. The molecule has 0 spiro atoms. The second-order valence-electron chi connectivity index (χ2n) is 5.34. The van der Waals surface area contributed by atoms with Crippen LogP contribution in [0, 0.1) is 0 Å². The number of rotatable bonds is 8. The summed E-state index contributed by atoms with van der Waals surface area (Å²) in [6.45, 7) is 1.63. The van der Waals surface area contributed by atoms with Crippen LogP contribution in [0.5, 0.6) is 5.75 Å². The normalized spacial score (nSPS) is 11.9. The smallest absolute Gasteiger partial charge is 0.336 e. The molecule has 0 fully saturated rings. The lowest BCUT2D eigenvalue weighted by Crippen LogP contribution is -2.42. The Kier molecular flexibility index (Phi) is 5.95. The zero-order chi connectivity index (χ0) is 17.5. The molecule has 0 saturated carbocycles. The van der Waals surface area contributed by atoms with Gasteiger partial charge in [0.1, 0.15) is 17.4 Å². The summed E-state index contributed by atoms with van der Waals surface area (Å²) >= 11 is 0. The van der Waals surface area contributed by atoms with Crippen LogP contribution in [-0.2, 0) is 9.59 Å². The Morgan fingerprint density at radius 2 is 2.04 bits per heavy atom. The Balaban J connectivity index is 1.95. The summed E-state index contributed by atoms with van der Waals surface area (Å²) in [7, 11) is 0. The first-order valence-electron chi connectivity index (χ1n) is 7.68. The predicted octanol–water partition coefficient (Wildman–Crippen LogP) is 1.93.